The third-order valence-corrected chi connectivity index (χ3v) is 5.90. The van der Waals surface area contributed by atoms with Gasteiger partial charge < -0.3 is 0 Å². The molecular formula is C17H31O4P. The molecule has 2 bridgehead atoms. The van der Waals surface area contributed by atoms with Crippen molar-refractivity contribution in [1.29, 1.82) is 0 Å². The fraction of sp³-hybridized carbons (Fsp3) is 0.882. The third kappa shape index (κ3) is 6.54. The van der Waals surface area contributed by atoms with E-state index in [0.717, 1.165) is 19.3 Å². The first-order valence-corrected chi connectivity index (χ1v) is 10.5. The molecule has 1 unspecified atom stereocenters. The van der Waals surface area contributed by atoms with Crippen LogP contribution in [-0.2, 0) is 18.1 Å². The highest BCUT2D eigenvalue weighted by Gasteiger charge is 2.40. The van der Waals surface area contributed by atoms with E-state index in [1.54, 1.807) is 0 Å². The van der Waals surface area contributed by atoms with Gasteiger partial charge in [-0.15, -0.1) is 0 Å². The van der Waals surface area contributed by atoms with Crippen LogP contribution in [0, 0.1) is 0 Å². The van der Waals surface area contributed by atoms with Crippen LogP contribution in [0.25, 0.3) is 0 Å². The maximum absolute atomic E-state index is 12.2. The van der Waals surface area contributed by atoms with Gasteiger partial charge in [0.2, 0.25) is 0 Å². The molecule has 2 heterocycles. The normalized spacial score (nSPS) is 31.1. The summed E-state index contributed by atoms with van der Waals surface area (Å²) in [6.07, 6.45) is 17.3. The number of unbranched alkanes of at least 4 members (excludes halogenated alkanes) is 8. The molecule has 3 atom stereocenters. The summed E-state index contributed by atoms with van der Waals surface area (Å²) >= 11 is 0. The zero-order chi connectivity index (χ0) is 15.7. The fourth-order valence-corrected chi connectivity index (χ4v) is 4.57. The molecule has 0 spiro atoms. The number of hydrogen-bond acceptors (Lipinski definition) is 4. The SMILES string of the molecule is CCCCCCCCCCC[C@@H]1C[C@H]2C=CCOP(=O)(O1)O2. The van der Waals surface area contributed by atoms with Crippen molar-refractivity contribution in [1.82, 2.24) is 0 Å². The van der Waals surface area contributed by atoms with Crippen molar-refractivity contribution in [3.05, 3.63) is 12.2 Å². The Morgan fingerprint density at radius 3 is 2.41 bits per heavy atom. The minimum atomic E-state index is -3.30. The summed E-state index contributed by atoms with van der Waals surface area (Å²) in [7, 11) is -3.30. The standard InChI is InChI=1S/C17H31O4P/c1-2-3-4-5-6-7-8-9-10-12-16-15-17-13-11-14-19-22(18,20-16)21-17/h11,13,16-17H,2-10,12,14-15H2,1H3/t16-,17-,22?/m1/s1. The zero-order valence-corrected chi connectivity index (χ0v) is 14.8. The van der Waals surface area contributed by atoms with Gasteiger partial charge in [0.15, 0.2) is 0 Å². The molecule has 2 rings (SSSR count). The molecule has 0 amide bonds. The average molecular weight is 330 g/mol. The lowest BCUT2D eigenvalue weighted by atomic mass is 10.0. The molecule has 1 fully saturated rings. The van der Waals surface area contributed by atoms with E-state index in [2.05, 4.69) is 6.92 Å². The maximum Gasteiger partial charge on any atom is 0.475 e. The minimum Gasteiger partial charge on any atom is -0.283 e. The van der Waals surface area contributed by atoms with E-state index in [-0.39, 0.29) is 12.2 Å². The highest BCUT2D eigenvalue weighted by molar-refractivity contribution is 7.48. The van der Waals surface area contributed by atoms with Gasteiger partial charge in [-0.3, -0.25) is 13.6 Å². The maximum atomic E-state index is 12.2. The van der Waals surface area contributed by atoms with E-state index in [9.17, 15) is 4.57 Å². The van der Waals surface area contributed by atoms with Gasteiger partial charge >= 0.3 is 7.82 Å². The topological polar surface area (TPSA) is 44.8 Å². The van der Waals surface area contributed by atoms with Crippen LogP contribution in [0.1, 0.15) is 77.6 Å². The molecule has 1 saturated heterocycles. The summed E-state index contributed by atoms with van der Waals surface area (Å²) in [5.41, 5.74) is 0. The van der Waals surface area contributed by atoms with Crippen LogP contribution in [0.3, 0.4) is 0 Å². The molecule has 2 aliphatic rings. The molecule has 0 aromatic carbocycles. The average Bonchev–Trinajstić information content (AvgIpc) is 2.63. The first kappa shape index (κ1) is 18.2. The Labute approximate surface area is 135 Å². The van der Waals surface area contributed by atoms with E-state index in [1.165, 1.54) is 51.4 Å². The van der Waals surface area contributed by atoms with E-state index in [0.29, 0.717) is 6.61 Å². The van der Waals surface area contributed by atoms with Gasteiger partial charge in [0.25, 0.3) is 0 Å². The predicted molar refractivity (Wildman–Crippen MR) is 88.9 cm³/mol. The predicted octanol–water partition coefficient (Wildman–Crippen LogP) is 5.78. The Morgan fingerprint density at radius 1 is 1.00 bits per heavy atom. The number of hydrogen-bond donors (Lipinski definition) is 0. The van der Waals surface area contributed by atoms with Gasteiger partial charge in [-0.05, 0) is 6.42 Å². The number of rotatable bonds is 10. The van der Waals surface area contributed by atoms with Crippen molar-refractivity contribution in [3.63, 3.8) is 0 Å². The van der Waals surface area contributed by atoms with Gasteiger partial charge in [0.1, 0.15) is 0 Å². The monoisotopic (exact) mass is 330 g/mol. The van der Waals surface area contributed by atoms with Gasteiger partial charge in [-0.2, -0.15) is 0 Å². The molecular weight excluding hydrogens is 299 g/mol. The minimum absolute atomic E-state index is 0.0110. The summed E-state index contributed by atoms with van der Waals surface area (Å²) in [5.74, 6) is 0. The second-order valence-corrected chi connectivity index (χ2v) is 7.97. The summed E-state index contributed by atoms with van der Waals surface area (Å²) in [5, 5.41) is 0. The van der Waals surface area contributed by atoms with Gasteiger partial charge in [0.05, 0.1) is 18.8 Å². The molecule has 0 N–H and O–H groups in total. The lowest BCUT2D eigenvalue weighted by Crippen LogP contribution is -2.26. The van der Waals surface area contributed by atoms with E-state index in [4.69, 9.17) is 13.6 Å². The molecule has 0 radical (unpaired) electrons. The summed E-state index contributed by atoms with van der Waals surface area (Å²) < 4.78 is 28.4. The van der Waals surface area contributed by atoms with Crippen molar-refractivity contribution >= 4 is 7.82 Å². The molecule has 0 saturated carbocycles. The van der Waals surface area contributed by atoms with Crippen LogP contribution in [0.15, 0.2) is 12.2 Å². The van der Waals surface area contributed by atoms with Crippen LogP contribution >= 0.6 is 7.82 Å². The van der Waals surface area contributed by atoms with Crippen molar-refractivity contribution < 1.29 is 18.1 Å². The Morgan fingerprint density at radius 2 is 1.68 bits per heavy atom. The largest absolute Gasteiger partial charge is 0.475 e. The van der Waals surface area contributed by atoms with Crippen molar-refractivity contribution in [2.24, 2.45) is 0 Å². The van der Waals surface area contributed by atoms with Crippen LogP contribution in [0.4, 0.5) is 0 Å². The molecule has 128 valence electrons. The second kappa shape index (κ2) is 9.87. The Balaban J connectivity index is 1.54. The van der Waals surface area contributed by atoms with Crippen molar-refractivity contribution in [3.8, 4) is 0 Å². The summed E-state index contributed by atoms with van der Waals surface area (Å²) in [6, 6.07) is 0. The Hall–Kier alpha value is -0.150. The molecule has 0 aliphatic carbocycles. The summed E-state index contributed by atoms with van der Waals surface area (Å²) in [6.45, 7) is 2.57. The third-order valence-electron chi connectivity index (χ3n) is 4.35. The highest BCUT2D eigenvalue weighted by Crippen LogP contribution is 2.57. The molecule has 0 aromatic heterocycles. The second-order valence-electron chi connectivity index (χ2n) is 6.40. The number of phosphoric ester groups is 1. The highest BCUT2D eigenvalue weighted by atomic mass is 31.2. The van der Waals surface area contributed by atoms with Crippen molar-refractivity contribution in [2.75, 3.05) is 6.61 Å². The molecule has 5 heteroatoms. The van der Waals surface area contributed by atoms with Crippen LogP contribution in [0.2, 0.25) is 0 Å². The van der Waals surface area contributed by atoms with Gasteiger partial charge in [0, 0.05) is 6.42 Å². The van der Waals surface area contributed by atoms with Gasteiger partial charge in [-0.25, -0.2) is 4.57 Å². The molecule has 2 aliphatic heterocycles. The first-order valence-electron chi connectivity index (χ1n) is 9.00. The smallest absolute Gasteiger partial charge is 0.283 e. The fourth-order valence-electron chi connectivity index (χ4n) is 3.09. The first-order chi connectivity index (χ1) is 10.7. The van der Waals surface area contributed by atoms with Crippen LogP contribution in [0.5, 0.6) is 0 Å². The van der Waals surface area contributed by atoms with E-state index >= 15 is 0 Å². The molecule has 22 heavy (non-hydrogen) atoms. The lowest BCUT2D eigenvalue weighted by molar-refractivity contribution is 0.00903. The summed E-state index contributed by atoms with van der Waals surface area (Å²) in [4.78, 5) is 0. The molecule has 4 nitrogen and oxygen atoms in total. The van der Waals surface area contributed by atoms with Crippen LogP contribution in [-0.4, -0.2) is 18.8 Å². The van der Waals surface area contributed by atoms with Crippen LogP contribution < -0.4 is 0 Å². The van der Waals surface area contributed by atoms with Crippen molar-refractivity contribution in [2.45, 2.75) is 89.8 Å². The molecule has 0 aromatic rings. The Bertz CT molecular complexity index is 383. The number of fused-ring (bicyclic) bond motifs is 2. The quantitative estimate of drug-likeness (QED) is 0.289. The van der Waals surface area contributed by atoms with E-state index < -0.39 is 7.82 Å². The zero-order valence-electron chi connectivity index (χ0n) is 13.9. The van der Waals surface area contributed by atoms with E-state index in [1.807, 2.05) is 12.2 Å². The van der Waals surface area contributed by atoms with Gasteiger partial charge in [-0.1, -0.05) is 76.9 Å². The number of phosphoric acid groups is 1. The Kier molecular flexibility index (Phi) is 8.16. The lowest BCUT2D eigenvalue weighted by Gasteiger charge is -2.31.